The fourth-order valence-electron chi connectivity index (χ4n) is 1.54. The molecule has 0 spiro atoms. The fraction of sp³-hybridized carbons (Fsp3) is 0.923. The van der Waals surface area contributed by atoms with Crippen molar-refractivity contribution in [1.29, 1.82) is 0 Å². The molecule has 4 heteroatoms. The maximum absolute atomic E-state index is 10.3. The van der Waals surface area contributed by atoms with Gasteiger partial charge in [0.05, 0.1) is 6.42 Å². The first-order chi connectivity index (χ1) is 8.27. The van der Waals surface area contributed by atoms with Gasteiger partial charge in [0.2, 0.25) is 0 Å². The number of unbranched alkanes of at least 4 members (excludes halogenated alkanes) is 7. The van der Waals surface area contributed by atoms with Crippen molar-refractivity contribution >= 4 is 27.6 Å². The van der Waals surface area contributed by atoms with Crippen LogP contribution in [-0.4, -0.2) is 22.6 Å². The van der Waals surface area contributed by atoms with Crippen LogP contribution in [0.4, 0.5) is 0 Å². The highest BCUT2D eigenvalue weighted by atomic mass is 33.1. The zero-order valence-corrected chi connectivity index (χ0v) is 12.6. The van der Waals surface area contributed by atoms with Crippen molar-refractivity contribution in [2.24, 2.45) is 0 Å². The second-order valence-electron chi connectivity index (χ2n) is 4.26. The summed E-state index contributed by atoms with van der Waals surface area (Å²) in [4.78, 5) is 10.3. The van der Waals surface area contributed by atoms with E-state index in [9.17, 15) is 4.79 Å². The Labute approximate surface area is 114 Å². The van der Waals surface area contributed by atoms with E-state index in [1.54, 1.807) is 10.8 Å². The molecule has 2 nitrogen and oxygen atoms in total. The van der Waals surface area contributed by atoms with Gasteiger partial charge in [-0.15, -0.1) is 0 Å². The quantitative estimate of drug-likeness (QED) is 0.381. The van der Waals surface area contributed by atoms with Gasteiger partial charge in [-0.2, -0.15) is 0 Å². The van der Waals surface area contributed by atoms with E-state index < -0.39 is 5.97 Å². The first kappa shape index (κ1) is 17.2. The number of hydrogen-bond donors (Lipinski definition) is 1. The standard InChI is InChI=1S/C13H26O2S2/c1-2-3-4-5-6-7-8-9-11-16-17-12-10-13(14)15/h2-12H2,1H3,(H,14,15). The molecule has 0 bridgehead atoms. The van der Waals surface area contributed by atoms with Gasteiger partial charge in [0, 0.05) is 11.5 Å². The molecule has 0 unspecified atom stereocenters. The second kappa shape index (κ2) is 14.2. The number of aliphatic carboxylic acids is 1. The van der Waals surface area contributed by atoms with Gasteiger partial charge in [0.1, 0.15) is 0 Å². The van der Waals surface area contributed by atoms with Crippen LogP contribution in [0.1, 0.15) is 64.7 Å². The van der Waals surface area contributed by atoms with E-state index in [-0.39, 0.29) is 6.42 Å². The Morgan fingerprint density at radius 3 is 2.00 bits per heavy atom. The molecule has 0 rings (SSSR count). The van der Waals surface area contributed by atoms with E-state index in [4.69, 9.17) is 5.11 Å². The number of carboxylic acids is 1. The third kappa shape index (κ3) is 16.2. The van der Waals surface area contributed by atoms with E-state index in [0.29, 0.717) is 0 Å². The molecule has 0 aliphatic heterocycles. The van der Waals surface area contributed by atoms with Gasteiger partial charge < -0.3 is 5.11 Å². The summed E-state index contributed by atoms with van der Waals surface area (Å²) in [6, 6.07) is 0. The first-order valence-corrected chi connectivity index (χ1v) is 9.22. The SMILES string of the molecule is CCCCCCCCCCSSCCC(=O)O. The Morgan fingerprint density at radius 1 is 0.882 bits per heavy atom. The van der Waals surface area contributed by atoms with Crippen molar-refractivity contribution in [3.05, 3.63) is 0 Å². The summed E-state index contributed by atoms with van der Waals surface area (Å²) >= 11 is 0. The molecule has 0 aliphatic carbocycles. The van der Waals surface area contributed by atoms with Gasteiger partial charge in [0.15, 0.2) is 0 Å². The average Bonchev–Trinajstić information content (AvgIpc) is 2.30. The maximum atomic E-state index is 10.3. The molecule has 0 radical (unpaired) electrons. The molecular weight excluding hydrogens is 252 g/mol. The Hall–Kier alpha value is 0.170. The van der Waals surface area contributed by atoms with Gasteiger partial charge in [-0.05, 0) is 6.42 Å². The van der Waals surface area contributed by atoms with Gasteiger partial charge >= 0.3 is 5.97 Å². The smallest absolute Gasteiger partial charge is 0.304 e. The molecule has 0 atom stereocenters. The van der Waals surface area contributed by atoms with Crippen molar-refractivity contribution in [1.82, 2.24) is 0 Å². The first-order valence-electron chi connectivity index (χ1n) is 6.73. The average molecular weight is 278 g/mol. The lowest BCUT2D eigenvalue weighted by Crippen LogP contribution is -1.94. The Morgan fingerprint density at radius 2 is 1.41 bits per heavy atom. The summed E-state index contributed by atoms with van der Waals surface area (Å²) in [7, 11) is 3.51. The van der Waals surface area contributed by atoms with Crippen LogP contribution in [0.2, 0.25) is 0 Å². The van der Waals surface area contributed by atoms with Crippen LogP contribution in [0.5, 0.6) is 0 Å². The number of rotatable bonds is 13. The second-order valence-corrected chi connectivity index (χ2v) is 6.96. The lowest BCUT2D eigenvalue weighted by atomic mass is 10.1. The van der Waals surface area contributed by atoms with Crippen molar-refractivity contribution in [2.45, 2.75) is 64.7 Å². The van der Waals surface area contributed by atoms with E-state index >= 15 is 0 Å². The Bertz CT molecular complexity index is 175. The van der Waals surface area contributed by atoms with Crippen molar-refractivity contribution < 1.29 is 9.90 Å². The molecular formula is C13H26O2S2. The van der Waals surface area contributed by atoms with Crippen LogP contribution in [0.25, 0.3) is 0 Å². The van der Waals surface area contributed by atoms with Gasteiger partial charge in [-0.1, -0.05) is 73.5 Å². The molecule has 0 saturated carbocycles. The topological polar surface area (TPSA) is 37.3 Å². The molecule has 0 aliphatic rings. The molecule has 1 N–H and O–H groups in total. The molecule has 0 aromatic rings. The predicted octanol–water partition coefficient (Wildman–Crippen LogP) is 4.98. The third-order valence-corrected chi connectivity index (χ3v) is 5.06. The molecule has 0 aromatic carbocycles. The zero-order chi connectivity index (χ0) is 12.8. The minimum Gasteiger partial charge on any atom is -0.481 e. The zero-order valence-electron chi connectivity index (χ0n) is 11.0. The molecule has 0 fully saturated rings. The molecule has 0 saturated heterocycles. The molecule has 102 valence electrons. The number of hydrogen-bond acceptors (Lipinski definition) is 3. The third-order valence-electron chi connectivity index (χ3n) is 2.56. The van der Waals surface area contributed by atoms with Gasteiger partial charge in [0.25, 0.3) is 0 Å². The normalized spacial score (nSPS) is 10.6. The molecule has 0 aromatic heterocycles. The monoisotopic (exact) mass is 278 g/mol. The summed E-state index contributed by atoms with van der Waals surface area (Å²) in [5.41, 5.74) is 0. The summed E-state index contributed by atoms with van der Waals surface area (Å²) in [6.07, 6.45) is 11.2. The molecule has 0 heterocycles. The Kier molecular flexibility index (Phi) is 14.4. The van der Waals surface area contributed by atoms with E-state index in [1.807, 2.05) is 10.8 Å². The van der Waals surface area contributed by atoms with Crippen molar-refractivity contribution in [3.63, 3.8) is 0 Å². The number of carboxylic acid groups (broad SMARTS) is 1. The van der Waals surface area contributed by atoms with Crippen LogP contribution in [0.3, 0.4) is 0 Å². The summed E-state index contributed by atoms with van der Waals surface area (Å²) in [5.74, 6) is 1.21. The van der Waals surface area contributed by atoms with Gasteiger partial charge in [-0.3, -0.25) is 4.79 Å². The van der Waals surface area contributed by atoms with Crippen LogP contribution >= 0.6 is 21.6 Å². The predicted molar refractivity (Wildman–Crippen MR) is 79.8 cm³/mol. The van der Waals surface area contributed by atoms with E-state index in [0.717, 1.165) is 5.75 Å². The Balaban J connectivity index is 2.91. The maximum Gasteiger partial charge on any atom is 0.304 e. The largest absolute Gasteiger partial charge is 0.481 e. The van der Waals surface area contributed by atoms with E-state index in [2.05, 4.69) is 6.92 Å². The summed E-state index contributed by atoms with van der Waals surface area (Å²) in [5, 5.41) is 8.45. The molecule has 17 heavy (non-hydrogen) atoms. The van der Waals surface area contributed by atoms with Crippen molar-refractivity contribution in [3.8, 4) is 0 Å². The van der Waals surface area contributed by atoms with Crippen LogP contribution in [0, 0.1) is 0 Å². The lowest BCUT2D eigenvalue weighted by molar-refractivity contribution is -0.136. The highest BCUT2D eigenvalue weighted by Gasteiger charge is 1.97. The fourth-order valence-corrected chi connectivity index (χ4v) is 3.67. The van der Waals surface area contributed by atoms with Gasteiger partial charge in [-0.25, -0.2) is 0 Å². The molecule has 0 amide bonds. The van der Waals surface area contributed by atoms with Crippen LogP contribution in [-0.2, 0) is 4.79 Å². The highest BCUT2D eigenvalue weighted by Crippen LogP contribution is 2.23. The van der Waals surface area contributed by atoms with E-state index in [1.165, 1.54) is 57.1 Å². The van der Waals surface area contributed by atoms with Crippen LogP contribution in [0.15, 0.2) is 0 Å². The highest BCUT2D eigenvalue weighted by molar-refractivity contribution is 8.76. The van der Waals surface area contributed by atoms with Crippen LogP contribution < -0.4 is 0 Å². The number of carbonyl (C=O) groups is 1. The van der Waals surface area contributed by atoms with Crippen molar-refractivity contribution in [2.75, 3.05) is 11.5 Å². The lowest BCUT2D eigenvalue weighted by Gasteiger charge is -2.01. The summed E-state index contributed by atoms with van der Waals surface area (Å²) in [6.45, 7) is 2.25. The minimum absolute atomic E-state index is 0.287. The minimum atomic E-state index is -0.690. The summed E-state index contributed by atoms with van der Waals surface area (Å²) < 4.78 is 0.